The van der Waals surface area contributed by atoms with Crippen molar-refractivity contribution in [3.8, 4) is 0 Å². The topological polar surface area (TPSA) is 95.5 Å². The van der Waals surface area contributed by atoms with E-state index < -0.39 is 18.0 Å². The Kier molecular flexibility index (Phi) is 5.31. The summed E-state index contributed by atoms with van der Waals surface area (Å²) in [4.78, 5) is 35.6. The quantitative estimate of drug-likeness (QED) is 0.734. The van der Waals surface area contributed by atoms with Gasteiger partial charge >= 0.3 is 5.97 Å². The molecule has 0 radical (unpaired) electrons. The van der Waals surface area contributed by atoms with Gasteiger partial charge in [0, 0.05) is 5.56 Å². The SMILES string of the molecule is Cc1ccccc1C(=O)NC(C)NC(=O)c1ccccc1C(=O)O. The van der Waals surface area contributed by atoms with Crippen molar-refractivity contribution in [1.29, 1.82) is 0 Å². The fourth-order valence-electron chi connectivity index (χ4n) is 2.28. The van der Waals surface area contributed by atoms with Crippen LogP contribution < -0.4 is 10.6 Å². The minimum atomic E-state index is -1.18. The smallest absolute Gasteiger partial charge is 0.336 e. The third kappa shape index (κ3) is 3.98. The summed E-state index contributed by atoms with van der Waals surface area (Å²) < 4.78 is 0. The van der Waals surface area contributed by atoms with Crippen molar-refractivity contribution >= 4 is 17.8 Å². The molecule has 6 nitrogen and oxygen atoms in total. The predicted molar refractivity (Wildman–Crippen MR) is 89.0 cm³/mol. The van der Waals surface area contributed by atoms with Crippen LogP contribution in [0.4, 0.5) is 0 Å². The van der Waals surface area contributed by atoms with Crippen molar-refractivity contribution in [2.75, 3.05) is 0 Å². The maximum absolute atomic E-state index is 12.2. The lowest BCUT2D eigenvalue weighted by atomic mass is 10.1. The molecule has 0 aromatic heterocycles. The number of carboxylic acids is 1. The number of aryl methyl sites for hydroxylation is 1. The van der Waals surface area contributed by atoms with E-state index in [1.165, 1.54) is 12.1 Å². The summed E-state index contributed by atoms with van der Waals surface area (Å²) in [6.07, 6.45) is -0.661. The zero-order valence-electron chi connectivity index (χ0n) is 13.4. The molecule has 0 bridgehead atoms. The highest BCUT2D eigenvalue weighted by molar-refractivity contribution is 6.05. The molecule has 0 aliphatic heterocycles. The lowest BCUT2D eigenvalue weighted by Crippen LogP contribution is -2.46. The lowest BCUT2D eigenvalue weighted by molar-refractivity contribution is 0.0689. The Morgan fingerprint density at radius 3 is 1.83 bits per heavy atom. The monoisotopic (exact) mass is 326 g/mol. The molecule has 0 heterocycles. The van der Waals surface area contributed by atoms with Crippen molar-refractivity contribution < 1.29 is 19.5 Å². The number of carbonyl (C=O) groups excluding carboxylic acids is 2. The highest BCUT2D eigenvalue weighted by Gasteiger charge is 2.18. The van der Waals surface area contributed by atoms with Gasteiger partial charge in [0.1, 0.15) is 0 Å². The van der Waals surface area contributed by atoms with E-state index in [-0.39, 0.29) is 17.0 Å². The molecule has 0 saturated heterocycles. The summed E-state index contributed by atoms with van der Waals surface area (Å²) in [7, 11) is 0. The van der Waals surface area contributed by atoms with Gasteiger partial charge in [-0.2, -0.15) is 0 Å². The van der Waals surface area contributed by atoms with Gasteiger partial charge in [-0.3, -0.25) is 9.59 Å². The van der Waals surface area contributed by atoms with Crippen LogP contribution in [0.2, 0.25) is 0 Å². The molecule has 2 amide bonds. The maximum atomic E-state index is 12.2. The number of carboxylic acid groups (broad SMARTS) is 1. The summed E-state index contributed by atoms with van der Waals surface area (Å²) in [5, 5.41) is 14.4. The van der Waals surface area contributed by atoms with Crippen LogP contribution in [0.3, 0.4) is 0 Å². The highest BCUT2D eigenvalue weighted by Crippen LogP contribution is 2.09. The molecule has 6 heteroatoms. The molecule has 0 spiro atoms. The first kappa shape index (κ1) is 17.2. The standard InChI is InChI=1S/C18H18N2O4/c1-11-7-3-4-8-13(11)16(21)19-12(2)20-17(22)14-9-5-6-10-15(14)18(23)24/h3-10,12H,1-2H3,(H,19,21)(H,20,22)(H,23,24). The number of nitrogens with one attached hydrogen (secondary N) is 2. The number of hydrogen-bond acceptors (Lipinski definition) is 3. The van der Waals surface area contributed by atoms with Gasteiger partial charge in [-0.25, -0.2) is 4.79 Å². The molecule has 0 aliphatic rings. The maximum Gasteiger partial charge on any atom is 0.336 e. The Morgan fingerprint density at radius 1 is 0.833 bits per heavy atom. The molecule has 124 valence electrons. The molecular formula is C18H18N2O4. The molecule has 2 aromatic rings. The Bertz CT molecular complexity index is 786. The Balaban J connectivity index is 2.06. The van der Waals surface area contributed by atoms with E-state index in [4.69, 9.17) is 5.11 Å². The van der Waals surface area contributed by atoms with Crippen LogP contribution in [0.25, 0.3) is 0 Å². The number of benzene rings is 2. The van der Waals surface area contributed by atoms with Crippen molar-refractivity contribution in [2.24, 2.45) is 0 Å². The van der Waals surface area contributed by atoms with Crippen molar-refractivity contribution in [2.45, 2.75) is 20.0 Å². The van der Waals surface area contributed by atoms with E-state index in [0.29, 0.717) is 5.56 Å². The number of amides is 2. The average Bonchev–Trinajstić information content (AvgIpc) is 2.54. The van der Waals surface area contributed by atoms with Crippen molar-refractivity contribution in [3.63, 3.8) is 0 Å². The molecular weight excluding hydrogens is 308 g/mol. The number of aromatic carboxylic acids is 1. The third-order valence-electron chi connectivity index (χ3n) is 3.49. The van der Waals surface area contributed by atoms with Gasteiger partial charge in [0.05, 0.1) is 17.3 Å². The van der Waals surface area contributed by atoms with Crippen LogP contribution in [-0.4, -0.2) is 29.1 Å². The fraction of sp³-hybridized carbons (Fsp3) is 0.167. The highest BCUT2D eigenvalue weighted by atomic mass is 16.4. The van der Waals surface area contributed by atoms with Crippen LogP contribution in [0.5, 0.6) is 0 Å². The van der Waals surface area contributed by atoms with Crippen LogP contribution in [0, 0.1) is 6.92 Å². The van der Waals surface area contributed by atoms with E-state index in [1.54, 1.807) is 31.2 Å². The first-order chi connectivity index (χ1) is 11.4. The normalized spacial score (nSPS) is 11.4. The first-order valence-electron chi connectivity index (χ1n) is 7.40. The molecule has 2 rings (SSSR count). The fourth-order valence-corrected chi connectivity index (χ4v) is 2.28. The van der Waals surface area contributed by atoms with Gasteiger partial charge < -0.3 is 15.7 Å². The van der Waals surface area contributed by atoms with Crippen LogP contribution >= 0.6 is 0 Å². The molecule has 1 unspecified atom stereocenters. The van der Waals surface area contributed by atoms with Gasteiger partial charge in [-0.05, 0) is 37.6 Å². The van der Waals surface area contributed by atoms with E-state index in [1.807, 2.05) is 19.1 Å². The zero-order valence-corrected chi connectivity index (χ0v) is 13.4. The summed E-state index contributed by atoms with van der Waals surface area (Å²) in [5.74, 6) is -2.06. The summed E-state index contributed by atoms with van der Waals surface area (Å²) >= 11 is 0. The Morgan fingerprint density at radius 2 is 1.29 bits per heavy atom. The molecule has 24 heavy (non-hydrogen) atoms. The number of carbonyl (C=O) groups is 3. The van der Waals surface area contributed by atoms with Gasteiger partial charge in [-0.15, -0.1) is 0 Å². The molecule has 0 aliphatic carbocycles. The van der Waals surface area contributed by atoms with E-state index >= 15 is 0 Å². The second-order valence-corrected chi connectivity index (χ2v) is 5.33. The largest absolute Gasteiger partial charge is 0.478 e. The van der Waals surface area contributed by atoms with Crippen LogP contribution in [-0.2, 0) is 0 Å². The second kappa shape index (κ2) is 7.41. The van der Waals surface area contributed by atoms with Crippen molar-refractivity contribution in [1.82, 2.24) is 10.6 Å². The van der Waals surface area contributed by atoms with Gasteiger partial charge in [0.2, 0.25) is 0 Å². The van der Waals surface area contributed by atoms with E-state index in [9.17, 15) is 14.4 Å². The van der Waals surface area contributed by atoms with E-state index in [0.717, 1.165) is 5.56 Å². The lowest BCUT2D eigenvalue weighted by Gasteiger charge is -2.17. The minimum absolute atomic E-state index is 0.0435. The van der Waals surface area contributed by atoms with Gasteiger partial charge in [0.25, 0.3) is 11.8 Å². The average molecular weight is 326 g/mol. The second-order valence-electron chi connectivity index (χ2n) is 5.33. The zero-order chi connectivity index (χ0) is 17.7. The molecule has 0 fully saturated rings. The van der Waals surface area contributed by atoms with Crippen molar-refractivity contribution in [3.05, 3.63) is 70.8 Å². The summed E-state index contributed by atoms with van der Waals surface area (Å²) in [6, 6.07) is 13.0. The molecule has 1 atom stereocenters. The summed E-state index contributed by atoms with van der Waals surface area (Å²) in [6.45, 7) is 3.43. The minimum Gasteiger partial charge on any atom is -0.478 e. The van der Waals surface area contributed by atoms with Gasteiger partial charge in [-0.1, -0.05) is 30.3 Å². The molecule has 2 aromatic carbocycles. The van der Waals surface area contributed by atoms with Gasteiger partial charge in [0.15, 0.2) is 0 Å². The third-order valence-corrected chi connectivity index (χ3v) is 3.49. The summed E-state index contributed by atoms with van der Waals surface area (Å²) in [5.41, 5.74) is 1.30. The predicted octanol–water partition coefficient (Wildman–Crippen LogP) is 2.20. The Labute approximate surface area is 139 Å². The van der Waals surface area contributed by atoms with Crippen LogP contribution in [0.1, 0.15) is 43.6 Å². The molecule has 0 saturated carbocycles. The Hall–Kier alpha value is -3.15. The number of hydrogen-bond donors (Lipinski definition) is 3. The molecule has 3 N–H and O–H groups in total. The van der Waals surface area contributed by atoms with Crippen LogP contribution in [0.15, 0.2) is 48.5 Å². The number of rotatable bonds is 5. The first-order valence-corrected chi connectivity index (χ1v) is 7.40. The van der Waals surface area contributed by atoms with E-state index in [2.05, 4.69) is 10.6 Å².